The zero-order valence-corrected chi connectivity index (χ0v) is 11.9. The highest BCUT2D eigenvalue weighted by Gasteiger charge is 2.94. The Kier molecular flexibility index (Phi) is 1.83. The van der Waals surface area contributed by atoms with E-state index in [-0.39, 0.29) is 12.0 Å². The third-order valence-electron chi connectivity index (χ3n) is 6.72. The molecule has 2 saturated carbocycles. The number of aliphatic hydroxyl groups is 2. The Hall–Kier alpha value is -0.950. The molecule has 0 aromatic carbocycles. The summed E-state index contributed by atoms with van der Waals surface area (Å²) in [4.78, 5) is 12.4. The second-order valence-corrected chi connectivity index (χ2v) is 7.38. The van der Waals surface area contributed by atoms with Crippen LogP contribution in [0.25, 0.3) is 0 Å². The summed E-state index contributed by atoms with van der Waals surface area (Å²) in [6, 6.07) is 0. The van der Waals surface area contributed by atoms with Gasteiger partial charge in [-0.1, -0.05) is 19.1 Å². The van der Waals surface area contributed by atoms with Crippen molar-refractivity contribution < 1.29 is 29.2 Å². The first-order chi connectivity index (χ1) is 9.80. The Labute approximate surface area is 121 Å². The number of fused-ring (bicyclic) bond motifs is 8. The lowest BCUT2D eigenvalue weighted by Gasteiger charge is -2.54. The van der Waals surface area contributed by atoms with Crippen molar-refractivity contribution >= 4 is 5.97 Å². The van der Waals surface area contributed by atoms with Crippen molar-refractivity contribution in [3.63, 3.8) is 0 Å². The summed E-state index contributed by atoms with van der Waals surface area (Å²) >= 11 is 0. The van der Waals surface area contributed by atoms with Gasteiger partial charge in [0.2, 0.25) is 0 Å². The van der Waals surface area contributed by atoms with Crippen molar-refractivity contribution in [1.82, 2.24) is 0 Å². The van der Waals surface area contributed by atoms with Crippen molar-refractivity contribution in [1.29, 1.82) is 0 Å². The maximum Gasteiger partial charge on any atom is 0.313 e. The summed E-state index contributed by atoms with van der Waals surface area (Å²) in [5, 5.41) is 22.4. The van der Waals surface area contributed by atoms with Gasteiger partial charge in [-0.15, -0.1) is 0 Å². The van der Waals surface area contributed by atoms with Gasteiger partial charge in [0.1, 0.15) is 35.6 Å². The molecule has 2 bridgehead atoms. The van der Waals surface area contributed by atoms with E-state index in [9.17, 15) is 15.0 Å². The van der Waals surface area contributed by atoms with Crippen molar-refractivity contribution in [2.45, 2.75) is 49.5 Å². The molecule has 5 aliphatic rings. The lowest BCUT2D eigenvalue weighted by molar-refractivity contribution is -0.232. The van der Waals surface area contributed by atoms with Gasteiger partial charge in [-0.25, -0.2) is 0 Å². The molecule has 21 heavy (non-hydrogen) atoms. The monoisotopic (exact) mass is 294 g/mol. The second-order valence-electron chi connectivity index (χ2n) is 7.38. The topological polar surface area (TPSA) is 91.8 Å². The molecule has 6 heteroatoms. The number of hydrogen-bond acceptors (Lipinski definition) is 6. The smallest absolute Gasteiger partial charge is 0.313 e. The first-order valence-electron chi connectivity index (χ1n) is 7.36. The van der Waals surface area contributed by atoms with Crippen molar-refractivity contribution in [3.8, 4) is 0 Å². The van der Waals surface area contributed by atoms with Crippen molar-refractivity contribution in [2.24, 2.45) is 17.3 Å². The van der Waals surface area contributed by atoms with E-state index in [0.29, 0.717) is 6.61 Å². The van der Waals surface area contributed by atoms with E-state index >= 15 is 0 Å². The predicted octanol–water partition coefficient (Wildman–Crippen LogP) is -0.618. The molecule has 3 heterocycles. The molecule has 2 N–H and O–H groups in total. The van der Waals surface area contributed by atoms with Gasteiger partial charge in [-0.3, -0.25) is 4.79 Å². The molecule has 0 radical (unpaired) electrons. The number of carbonyl (C=O) groups excluding carboxylic acids is 1. The average molecular weight is 294 g/mol. The van der Waals surface area contributed by atoms with E-state index < -0.39 is 46.8 Å². The summed E-state index contributed by atoms with van der Waals surface area (Å²) < 4.78 is 16.7. The maximum absolute atomic E-state index is 12.4. The minimum absolute atomic E-state index is 0.236. The average Bonchev–Trinajstić information content (AvgIpc) is 3.27. The van der Waals surface area contributed by atoms with E-state index in [1.165, 1.54) is 0 Å². The Bertz CT molecular complexity index is 597. The van der Waals surface area contributed by atoms with Crippen LogP contribution >= 0.6 is 0 Å². The summed E-state index contributed by atoms with van der Waals surface area (Å²) in [6.45, 7) is 7.96. The highest BCUT2D eigenvalue weighted by atomic mass is 16.7. The van der Waals surface area contributed by atoms with Gasteiger partial charge < -0.3 is 24.4 Å². The minimum atomic E-state index is -1.47. The SMILES string of the molecule is C=C(C)[C@@H]1[C@H]2OC(=O)[C@@H]1[C@]1(O)[C@@H]3O[C@H]3[C@@]3(CO3)[C@]1(C)[C@@H]2O. The molecule has 6 nitrogen and oxygen atoms in total. The van der Waals surface area contributed by atoms with Gasteiger partial charge in [0.15, 0.2) is 0 Å². The number of carbonyl (C=O) groups is 1. The summed E-state index contributed by atoms with van der Waals surface area (Å²) in [5.41, 5.74) is -2.38. The van der Waals surface area contributed by atoms with Crippen LogP contribution in [0.1, 0.15) is 13.8 Å². The van der Waals surface area contributed by atoms with Crippen LogP contribution in [0.3, 0.4) is 0 Å². The Morgan fingerprint density at radius 1 is 1.43 bits per heavy atom. The normalized spacial score (nSPS) is 65.8. The van der Waals surface area contributed by atoms with Crippen LogP contribution in [0.4, 0.5) is 0 Å². The van der Waals surface area contributed by atoms with E-state index in [1.807, 2.05) is 0 Å². The fourth-order valence-corrected chi connectivity index (χ4v) is 5.49. The van der Waals surface area contributed by atoms with Crippen molar-refractivity contribution in [2.75, 3.05) is 6.61 Å². The number of ether oxygens (including phenoxy) is 3. The van der Waals surface area contributed by atoms with Crippen LogP contribution in [0, 0.1) is 17.3 Å². The highest BCUT2D eigenvalue weighted by molar-refractivity contribution is 5.80. The van der Waals surface area contributed by atoms with E-state index in [1.54, 1.807) is 13.8 Å². The van der Waals surface area contributed by atoms with Crippen LogP contribution in [-0.2, 0) is 19.0 Å². The molecule has 1 spiro atoms. The van der Waals surface area contributed by atoms with Crippen LogP contribution in [0.15, 0.2) is 12.2 Å². The largest absolute Gasteiger partial charge is 0.459 e. The molecule has 0 aromatic rings. The summed E-state index contributed by atoms with van der Waals surface area (Å²) in [7, 11) is 0. The fraction of sp³-hybridized carbons (Fsp3) is 0.800. The van der Waals surface area contributed by atoms with Gasteiger partial charge in [-0.2, -0.15) is 0 Å². The predicted molar refractivity (Wildman–Crippen MR) is 68.1 cm³/mol. The molecule has 3 saturated heterocycles. The minimum Gasteiger partial charge on any atom is -0.459 e. The van der Waals surface area contributed by atoms with Crippen LogP contribution in [0.2, 0.25) is 0 Å². The third kappa shape index (κ3) is 0.958. The zero-order chi connectivity index (χ0) is 14.9. The molecule has 0 amide bonds. The Balaban J connectivity index is 1.76. The van der Waals surface area contributed by atoms with Crippen LogP contribution in [0.5, 0.6) is 0 Å². The van der Waals surface area contributed by atoms with E-state index in [0.717, 1.165) is 5.57 Å². The Morgan fingerprint density at radius 2 is 2.10 bits per heavy atom. The van der Waals surface area contributed by atoms with Gasteiger partial charge in [0, 0.05) is 5.92 Å². The molecule has 114 valence electrons. The molecule has 0 aromatic heterocycles. The number of epoxide rings is 2. The molecule has 2 aliphatic carbocycles. The molecule has 0 unspecified atom stereocenters. The number of hydrogen-bond donors (Lipinski definition) is 2. The van der Waals surface area contributed by atoms with E-state index in [4.69, 9.17) is 14.2 Å². The summed E-state index contributed by atoms with van der Waals surface area (Å²) in [6.07, 6.45) is -2.37. The molecule has 5 rings (SSSR count). The van der Waals surface area contributed by atoms with Gasteiger partial charge >= 0.3 is 5.97 Å². The molecular formula is C15H18O6. The maximum atomic E-state index is 12.4. The summed E-state index contributed by atoms with van der Waals surface area (Å²) in [5.74, 6) is -1.60. The lowest BCUT2D eigenvalue weighted by atomic mass is 9.52. The highest BCUT2D eigenvalue weighted by Crippen LogP contribution is 2.75. The Morgan fingerprint density at radius 3 is 2.67 bits per heavy atom. The van der Waals surface area contributed by atoms with Crippen LogP contribution < -0.4 is 0 Å². The number of aliphatic hydroxyl groups excluding tert-OH is 1. The van der Waals surface area contributed by atoms with Gasteiger partial charge in [0.25, 0.3) is 0 Å². The number of esters is 1. The molecular weight excluding hydrogens is 276 g/mol. The van der Waals surface area contributed by atoms with E-state index in [2.05, 4.69) is 6.58 Å². The second kappa shape index (κ2) is 3.06. The van der Waals surface area contributed by atoms with Gasteiger partial charge in [0.05, 0.1) is 17.9 Å². The molecule has 9 atom stereocenters. The first-order valence-corrected chi connectivity index (χ1v) is 7.36. The van der Waals surface area contributed by atoms with Crippen molar-refractivity contribution in [3.05, 3.63) is 12.2 Å². The standard InChI is InChI=1S/C15H18O6/c1-5(2)6-7-12(17)20-8(6)9(16)13(3)14(4-19-14)10-11(21-10)15(7,13)18/h6-11,16,18H,1,4H2,2-3H3/t6-,7+,8+,9+,10+,11+,13-,14-,15-/m0/s1. The molecule has 5 fully saturated rings. The number of rotatable bonds is 1. The quantitative estimate of drug-likeness (QED) is 0.380. The third-order valence-corrected chi connectivity index (χ3v) is 6.72. The molecule has 3 aliphatic heterocycles. The van der Waals surface area contributed by atoms with Gasteiger partial charge in [-0.05, 0) is 6.92 Å². The van der Waals surface area contributed by atoms with Crippen LogP contribution in [-0.4, -0.2) is 58.4 Å². The fourth-order valence-electron chi connectivity index (χ4n) is 5.49. The zero-order valence-electron chi connectivity index (χ0n) is 11.9. The first kappa shape index (κ1) is 12.6. The lowest BCUT2D eigenvalue weighted by Crippen LogP contribution is -2.70.